The van der Waals surface area contributed by atoms with Gasteiger partial charge in [0.05, 0.1) is 24.4 Å². The third kappa shape index (κ3) is 4.79. The van der Waals surface area contributed by atoms with E-state index in [4.69, 9.17) is 9.72 Å². The molecular formula is C28H31N9O. The van der Waals surface area contributed by atoms with Crippen LogP contribution in [0.2, 0.25) is 0 Å². The van der Waals surface area contributed by atoms with Crippen molar-refractivity contribution in [3.8, 4) is 23.1 Å². The number of rotatable bonds is 6. The van der Waals surface area contributed by atoms with Crippen LogP contribution in [-0.4, -0.2) is 63.8 Å². The number of fused-ring (bicyclic) bond motifs is 1. The number of piperazine rings is 1. The van der Waals surface area contributed by atoms with Crippen molar-refractivity contribution in [1.82, 2.24) is 35.3 Å². The van der Waals surface area contributed by atoms with E-state index in [2.05, 4.69) is 68.0 Å². The van der Waals surface area contributed by atoms with Gasteiger partial charge in [0.25, 0.3) is 0 Å². The van der Waals surface area contributed by atoms with Gasteiger partial charge in [-0.3, -0.25) is 10.3 Å². The molecule has 4 aromatic rings. The van der Waals surface area contributed by atoms with Gasteiger partial charge in [0.1, 0.15) is 11.9 Å². The summed E-state index contributed by atoms with van der Waals surface area (Å²) in [5.41, 5.74) is 12.3. The Kier molecular flexibility index (Phi) is 6.64. The summed E-state index contributed by atoms with van der Waals surface area (Å²) >= 11 is 0. The van der Waals surface area contributed by atoms with Crippen molar-refractivity contribution < 1.29 is 4.74 Å². The smallest absolute Gasteiger partial charge is 0.212 e. The molecule has 0 aliphatic carbocycles. The van der Waals surface area contributed by atoms with Crippen LogP contribution < -0.4 is 20.5 Å². The molecule has 0 amide bonds. The lowest BCUT2D eigenvalue weighted by Crippen LogP contribution is -2.46. The second-order valence-electron chi connectivity index (χ2n) is 10.0. The van der Waals surface area contributed by atoms with E-state index in [-0.39, 0.29) is 6.04 Å². The predicted molar refractivity (Wildman–Crippen MR) is 145 cm³/mol. The molecule has 0 spiro atoms. The number of hydrazine groups is 1. The quantitative estimate of drug-likeness (QED) is 0.406. The highest BCUT2D eigenvalue weighted by Crippen LogP contribution is 2.32. The number of methoxy groups -OCH3 is 1. The molecule has 0 saturated carbocycles. The zero-order valence-corrected chi connectivity index (χ0v) is 21.6. The monoisotopic (exact) mass is 509 g/mol. The van der Waals surface area contributed by atoms with Crippen molar-refractivity contribution in [3.63, 3.8) is 0 Å². The van der Waals surface area contributed by atoms with Crippen molar-refractivity contribution in [2.45, 2.75) is 32.0 Å². The molecule has 10 nitrogen and oxygen atoms in total. The van der Waals surface area contributed by atoms with Crippen LogP contribution in [0.1, 0.15) is 36.1 Å². The fourth-order valence-corrected chi connectivity index (χ4v) is 5.32. The highest BCUT2D eigenvalue weighted by Gasteiger charge is 2.24. The lowest BCUT2D eigenvalue weighted by Gasteiger charge is -2.35. The number of nitrogens with one attached hydrogen (secondary N) is 2. The second-order valence-corrected chi connectivity index (χ2v) is 10.0. The Morgan fingerprint density at radius 2 is 1.92 bits per heavy atom. The zero-order chi connectivity index (χ0) is 26.1. The van der Waals surface area contributed by atoms with Crippen molar-refractivity contribution in [2.24, 2.45) is 0 Å². The van der Waals surface area contributed by atoms with Gasteiger partial charge in [0.2, 0.25) is 5.88 Å². The Balaban J connectivity index is 1.19. The van der Waals surface area contributed by atoms with Crippen LogP contribution in [0.25, 0.3) is 16.6 Å². The molecule has 6 rings (SSSR count). The van der Waals surface area contributed by atoms with Gasteiger partial charge in [-0.2, -0.15) is 10.4 Å². The predicted octanol–water partition coefficient (Wildman–Crippen LogP) is 2.92. The van der Waals surface area contributed by atoms with Gasteiger partial charge in [-0.05, 0) is 42.7 Å². The van der Waals surface area contributed by atoms with Crippen LogP contribution in [0.3, 0.4) is 0 Å². The molecule has 2 atom stereocenters. The molecule has 38 heavy (non-hydrogen) atoms. The summed E-state index contributed by atoms with van der Waals surface area (Å²) in [6, 6.07) is 13.2. The Labute approximate surface area is 221 Å². The fourth-order valence-electron chi connectivity index (χ4n) is 5.32. The molecule has 0 radical (unpaired) electrons. The van der Waals surface area contributed by atoms with Crippen molar-refractivity contribution >= 4 is 11.3 Å². The van der Waals surface area contributed by atoms with Crippen molar-refractivity contribution in [3.05, 3.63) is 71.8 Å². The first-order valence-electron chi connectivity index (χ1n) is 13.0. The van der Waals surface area contributed by atoms with Crippen molar-refractivity contribution in [2.75, 3.05) is 38.2 Å². The first-order valence-corrected chi connectivity index (χ1v) is 13.0. The van der Waals surface area contributed by atoms with Crippen LogP contribution in [0.5, 0.6) is 5.88 Å². The number of hydrogen-bond acceptors (Lipinski definition) is 9. The molecule has 2 unspecified atom stereocenters. The van der Waals surface area contributed by atoms with Gasteiger partial charge in [-0.1, -0.05) is 6.07 Å². The van der Waals surface area contributed by atoms with Crippen LogP contribution in [0, 0.1) is 11.3 Å². The summed E-state index contributed by atoms with van der Waals surface area (Å²) < 4.78 is 6.98. The SMILES string of the molecule is COc1ccc(CN2CCN(c3ccc(-c4cc(C5CC(C)NN5)cn5ncc(C#N)c45)cn3)CC2)cn1. The van der Waals surface area contributed by atoms with Gasteiger partial charge >= 0.3 is 0 Å². The summed E-state index contributed by atoms with van der Waals surface area (Å²) in [4.78, 5) is 13.9. The number of ether oxygens (including phenoxy) is 1. The average Bonchev–Trinajstić information content (AvgIpc) is 3.59. The molecule has 2 N–H and O–H groups in total. The Morgan fingerprint density at radius 3 is 2.58 bits per heavy atom. The number of nitrogens with zero attached hydrogens (tertiary/aromatic N) is 7. The normalized spacial score (nSPS) is 20.1. The van der Waals surface area contributed by atoms with E-state index in [0.29, 0.717) is 17.5 Å². The summed E-state index contributed by atoms with van der Waals surface area (Å²) in [7, 11) is 1.63. The lowest BCUT2D eigenvalue weighted by atomic mass is 9.98. The van der Waals surface area contributed by atoms with Gasteiger partial charge in [-0.25, -0.2) is 19.9 Å². The fraction of sp³-hybridized carbons (Fsp3) is 0.357. The number of nitriles is 1. The minimum absolute atomic E-state index is 0.181. The van der Waals surface area contributed by atoms with Crippen LogP contribution in [-0.2, 0) is 6.54 Å². The summed E-state index contributed by atoms with van der Waals surface area (Å²) in [5, 5.41) is 14.2. The molecule has 6 heterocycles. The van der Waals surface area contributed by atoms with Crippen molar-refractivity contribution in [1.29, 1.82) is 5.26 Å². The maximum atomic E-state index is 9.70. The minimum atomic E-state index is 0.181. The van der Waals surface area contributed by atoms with Gasteiger partial charge < -0.3 is 9.64 Å². The molecule has 0 bridgehead atoms. The maximum absolute atomic E-state index is 9.70. The van der Waals surface area contributed by atoms with E-state index in [0.717, 1.165) is 67.2 Å². The van der Waals surface area contributed by atoms with Gasteiger partial charge in [0, 0.05) is 80.6 Å². The summed E-state index contributed by atoms with van der Waals surface area (Å²) in [6.45, 7) is 6.78. The zero-order valence-electron chi connectivity index (χ0n) is 21.6. The third-order valence-electron chi connectivity index (χ3n) is 7.42. The molecule has 2 fully saturated rings. The Bertz CT molecular complexity index is 1450. The van der Waals surface area contributed by atoms with E-state index < -0.39 is 0 Å². The number of pyridine rings is 3. The van der Waals surface area contributed by atoms with Crippen LogP contribution in [0.4, 0.5) is 5.82 Å². The Hall–Kier alpha value is -4.04. The van der Waals surface area contributed by atoms with Crippen LogP contribution in [0.15, 0.2) is 55.1 Å². The van der Waals surface area contributed by atoms with E-state index in [9.17, 15) is 5.26 Å². The van der Waals surface area contributed by atoms with E-state index in [1.807, 2.05) is 29.2 Å². The first kappa shape index (κ1) is 24.3. The van der Waals surface area contributed by atoms with Gasteiger partial charge in [0.15, 0.2) is 0 Å². The number of anilines is 1. The molecule has 2 saturated heterocycles. The van der Waals surface area contributed by atoms with E-state index in [1.165, 1.54) is 5.56 Å². The molecule has 2 aliphatic rings. The second kappa shape index (κ2) is 10.4. The van der Waals surface area contributed by atoms with Gasteiger partial charge in [-0.15, -0.1) is 0 Å². The number of hydrogen-bond donors (Lipinski definition) is 2. The molecule has 10 heteroatoms. The van der Waals surface area contributed by atoms with Crippen LogP contribution >= 0.6 is 0 Å². The first-order chi connectivity index (χ1) is 18.6. The minimum Gasteiger partial charge on any atom is -0.481 e. The molecule has 2 aliphatic heterocycles. The Morgan fingerprint density at radius 1 is 1.05 bits per heavy atom. The van der Waals surface area contributed by atoms with E-state index in [1.54, 1.807) is 13.3 Å². The average molecular weight is 510 g/mol. The lowest BCUT2D eigenvalue weighted by molar-refractivity contribution is 0.249. The summed E-state index contributed by atoms with van der Waals surface area (Å²) in [6.07, 6.45) is 8.43. The molecular weight excluding hydrogens is 478 g/mol. The topological polar surface area (TPSA) is 107 Å². The number of aromatic nitrogens is 4. The molecule has 4 aromatic heterocycles. The highest BCUT2D eigenvalue weighted by atomic mass is 16.5. The standard InChI is InChI=1S/C28H31N9O/c1-19-11-25(34-33-19)22-12-24(28-23(13-29)16-32-37(28)18-22)21-4-5-26(30-15-21)36-9-7-35(8-10-36)17-20-3-6-27(38-2)31-14-20/h3-6,12,14-16,18-19,25,33-34H,7-11,17H2,1-2H3. The largest absolute Gasteiger partial charge is 0.481 e. The highest BCUT2D eigenvalue weighted by molar-refractivity contribution is 5.84. The molecule has 194 valence electrons. The molecule has 0 aromatic carbocycles. The maximum Gasteiger partial charge on any atom is 0.212 e. The third-order valence-corrected chi connectivity index (χ3v) is 7.42. The van der Waals surface area contributed by atoms with E-state index >= 15 is 0 Å². The summed E-state index contributed by atoms with van der Waals surface area (Å²) in [5.74, 6) is 1.61.